The maximum atomic E-state index is 11.6. The molecule has 1 atom stereocenters. The van der Waals surface area contributed by atoms with Gasteiger partial charge in [-0.25, -0.2) is 4.79 Å². The van der Waals surface area contributed by atoms with Crippen LogP contribution in [0.3, 0.4) is 0 Å². The van der Waals surface area contributed by atoms with Crippen molar-refractivity contribution in [3.63, 3.8) is 0 Å². The Kier molecular flexibility index (Phi) is 5.25. The summed E-state index contributed by atoms with van der Waals surface area (Å²) in [7, 11) is 0. The molecule has 1 heterocycles. The lowest BCUT2D eigenvalue weighted by Gasteiger charge is -2.27. The summed E-state index contributed by atoms with van der Waals surface area (Å²) < 4.78 is 5.24. The normalized spacial score (nSPS) is 19.8. The van der Waals surface area contributed by atoms with Crippen molar-refractivity contribution in [2.24, 2.45) is 5.92 Å². The number of carbonyl (C=O) groups is 1. The molecule has 100 valence electrons. The molecule has 0 aromatic rings. The Morgan fingerprint density at radius 2 is 2.00 bits per heavy atom. The fourth-order valence-electron chi connectivity index (χ4n) is 2.19. The molecule has 0 aliphatic carbocycles. The zero-order valence-corrected chi connectivity index (χ0v) is 11.5. The fraction of sp³-hybridized carbons (Fsp3) is 0.923. The Labute approximate surface area is 104 Å². The van der Waals surface area contributed by atoms with Crippen molar-refractivity contribution in [2.75, 3.05) is 13.1 Å². The van der Waals surface area contributed by atoms with Gasteiger partial charge in [0.25, 0.3) is 0 Å². The first-order valence-electron chi connectivity index (χ1n) is 6.57. The minimum Gasteiger partial charge on any atom is -0.444 e. The number of rotatable bonds is 3. The van der Waals surface area contributed by atoms with Crippen molar-refractivity contribution in [3.8, 4) is 0 Å². The Hall–Kier alpha value is -0.770. The van der Waals surface area contributed by atoms with Crippen LogP contribution in [0, 0.1) is 5.92 Å². The van der Waals surface area contributed by atoms with Crippen molar-refractivity contribution in [1.29, 1.82) is 0 Å². The van der Waals surface area contributed by atoms with Crippen molar-refractivity contribution < 1.29 is 9.53 Å². The molecule has 0 radical (unpaired) electrons. The average Bonchev–Trinajstić information content (AvgIpc) is 2.15. The smallest absolute Gasteiger partial charge is 0.407 e. The van der Waals surface area contributed by atoms with Crippen molar-refractivity contribution in [2.45, 2.75) is 58.6 Å². The second-order valence-electron chi connectivity index (χ2n) is 5.98. The fourth-order valence-corrected chi connectivity index (χ4v) is 2.19. The maximum Gasteiger partial charge on any atom is 0.407 e. The van der Waals surface area contributed by atoms with E-state index in [2.05, 4.69) is 10.6 Å². The van der Waals surface area contributed by atoms with Crippen LogP contribution in [-0.2, 0) is 4.74 Å². The Bertz CT molecular complexity index is 242. The lowest BCUT2D eigenvalue weighted by molar-refractivity contribution is 0.0501. The third-order valence-electron chi connectivity index (χ3n) is 2.91. The highest BCUT2D eigenvalue weighted by Gasteiger charge is 2.20. The second-order valence-corrected chi connectivity index (χ2v) is 5.98. The molecule has 4 heteroatoms. The molecule has 2 N–H and O–H groups in total. The van der Waals surface area contributed by atoms with E-state index >= 15 is 0 Å². The van der Waals surface area contributed by atoms with Crippen LogP contribution in [0.25, 0.3) is 0 Å². The quantitative estimate of drug-likeness (QED) is 0.798. The molecule has 1 amide bonds. The molecule has 1 fully saturated rings. The molecule has 4 nitrogen and oxygen atoms in total. The van der Waals surface area contributed by atoms with E-state index in [1.54, 1.807) is 0 Å². The van der Waals surface area contributed by atoms with E-state index < -0.39 is 5.60 Å². The largest absolute Gasteiger partial charge is 0.444 e. The molecular formula is C13H26N2O2. The number of nitrogens with one attached hydrogen (secondary N) is 2. The van der Waals surface area contributed by atoms with Gasteiger partial charge in [0.05, 0.1) is 0 Å². The summed E-state index contributed by atoms with van der Waals surface area (Å²) >= 11 is 0. The van der Waals surface area contributed by atoms with Crippen LogP contribution in [-0.4, -0.2) is 30.8 Å². The molecule has 1 aliphatic heterocycles. The zero-order valence-electron chi connectivity index (χ0n) is 11.5. The van der Waals surface area contributed by atoms with E-state index in [9.17, 15) is 4.79 Å². The number of piperidine rings is 1. The first kappa shape index (κ1) is 14.3. The minimum atomic E-state index is -0.418. The first-order valence-corrected chi connectivity index (χ1v) is 6.57. The highest BCUT2D eigenvalue weighted by atomic mass is 16.6. The first-order chi connectivity index (χ1) is 7.87. The summed E-state index contributed by atoms with van der Waals surface area (Å²) in [5.41, 5.74) is -0.418. The summed E-state index contributed by atoms with van der Waals surface area (Å²) in [6.07, 6.45) is 3.15. The molecule has 1 saturated heterocycles. The highest BCUT2D eigenvalue weighted by molar-refractivity contribution is 5.67. The number of carbonyl (C=O) groups excluding carboxylic acids is 1. The zero-order chi connectivity index (χ0) is 12.9. The van der Waals surface area contributed by atoms with Crippen molar-refractivity contribution in [3.05, 3.63) is 0 Å². The van der Waals surface area contributed by atoms with Gasteiger partial charge in [-0.05, 0) is 66.0 Å². The lowest BCUT2D eigenvalue weighted by atomic mass is 9.92. The van der Waals surface area contributed by atoms with Gasteiger partial charge in [0.15, 0.2) is 0 Å². The summed E-state index contributed by atoms with van der Waals surface area (Å²) in [5.74, 6) is 0.723. The molecule has 0 aromatic carbocycles. The molecule has 0 aromatic heterocycles. The van der Waals surface area contributed by atoms with Crippen LogP contribution in [0.1, 0.15) is 47.0 Å². The van der Waals surface area contributed by atoms with Crippen LogP contribution >= 0.6 is 0 Å². The van der Waals surface area contributed by atoms with Gasteiger partial charge in [-0.2, -0.15) is 0 Å². The predicted octanol–water partition coefficient (Wildman–Crippen LogP) is 2.29. The van der Waals surface area contributed by atoms with E-state index in [0.29, 0.717) is 0 Å². The van der Waals surface area contributed by atoms with Gasteiger partial charge in [0, 0.05) is 6.04 Å². The van der Waals surface area contributed by atoms with Crippen LogP contribution < -0.4 is 10.6 Å². The lowest BCUT2D eigenvalue weighted by Crippen LogP contribution is -2.39. The Morgan fingerprint density at radius 3 is 2.53 bits per heavy atom. The van der Waals surface area contributed by atoms with Crippen LogP contribution in [0.2, 0.25) is 0 Å². The van der Waals surface area contributed by atoms with Gasteiger partial charge in [-0.15, -0.1) is 0 Å². The summed E-state index contributed by atoms with van der Waals surface area (Å²) in [5, 5.41) is 6.25. The molecule has 0 saturated carbocycles. The number of ether oxygens (including phenoxy) is 1. The minimum absolute atomic E-state index is 0.188. The van der Waals surface area contributed by atoms with Gasteiger partial charge in [0.2, 0.25) is 0 Å². The van der Waals surface area contributed by atoms with E-state index in [0.717, 1.165) is 25.4 Å². The number of hydrogen-bond donors (Lipinski definition) is 2. The topological polar surface area (TPSA) is 50.4 Å². The van der Waals surface area contributed by atoms with Crippen LogP contribution in [0.4, 0.5) is 4.79 Å². The Balaban J connectivity index is 2.23. The van der Waals surface area contributed by atoms with Crippen LogP contribution in [0.15, 0.2) is 0 Å². The summed E-state index contributed by atoms with van der Waals surface area (Å²) in [6.45, 7) is 9.89. The third-order valence-corrected chi connectivity index (χ3v) is 2.91. The number of alkyl carbamates (subject to hydrolysis) is 1. The maximum absolute atomic E-state index is 11.6. The predicted molar refractivity (Wildman–Crippen MR) is 69.0 cm³/mol. The molecule has 1 rings (SSSR count). The van der Waals surface area contributed by atoms with E-state index in [4.69, 9.17) is 4.74 Å². The molecule has 1 aliphatic rings. The summed E-state index contributed by atoms with van der Waals surface area (Å²) in [4.78, 5) is 11.6. The van der Waals surface area contributed by atoms with E-state index in [1.807, 2.05) is 27.7 Å². The number of amides is 1. The third kappa shape index (κ3) is 6.51. The standard InChI is InChI=1S/C13H26N2O2/c1-10(9-11-5-7-14-8-6-11)15-12(16)17-13(2,3)4/h10-11,14H,5-9H2,1-4H3,(H,15,16). The van der Waals surface area contributed by atoms with Gasteiger partial charge in [0.1, 0.15) is 5.60 Å². The van der Waals surface area contributed by atoms with Crippen LogP contribution in [0.5, 0.6) is 0 Å². The van der Waals surface area contributed by atoms with E-state index in [1.165, 1.54) is 12.8 Å². The molecule has 1 unspecified atom stereocenters. The van der Waals surface area contributed by atoms with Gasteiger partial charge < -0.3 is 15.4 Å². The SMILES string of the molecule is CC(CC1CCNCC1)NC(=O)OC(C)(C)C. The molecule has 0 spiro atoms. The molecule has 17 heavy (non-hydrogen) atoms. The van der Waals surface area contributed by atoms with Gasteiger partial charge in [-0.3, -0.25) is 0 Å². The van der Waals surface area contributed by atoms with E-state index in [-0.39, 0.29) is 12.1 Å². The second kappa shape index (κ2) is 6.24. The average molecular weight is 242 g/mol. The monoisotopic (exact) mass is 242 g/mol. The Morgan fingerprint density at radius 1 is 1.41 bits per heavy atom. The molecular weight excluding hydrogens is 216 g/mol. The van der Waals surface area contributed by atoms with Gasteiger partial charge in [-0.1, -0.05) is 0 Å². The highest BCUT2D eigenvalue weighted by Crippen LogP contribution is 2.18. The van der Waals surface area contributed by atoms with Crippen molar-refractivity contribution in [1.82, 2.24) is 10.6 Å². The number of hydrogen-bond acceptors (Lipinski definition) is 3. The molecule has 0 bridgehead atoms. The van der Waals surface area contributed by atoms with Gasteiger partial charge >= 0.3 is 6.09 Å². The summed E-state index contributed by atoms with van der Waals surface area (Å²) in [6, 6.07) is 0.188. The van der Waals surface area contributed by atoms with Crippen molar-refractivity contribution >= 4 is 6.09 Å².